The molecule has 1 atom stereocenters. The topological polar surface area (TPSA) is 38.3 Å². The van der Waals surface area contributed by atoms with E-state index in [1.54, 1.807) is 0 Å². The molecule has 3 heteroatoms. The van der Waals surface area contributed by atoms with Gasteiger partial charge >= 0.3 is 6.09 Å². The van der Waals surface area contributed by atoms with Crippen LogP contribution in [0.5, 0.6) is 0 Å². The first-order valence-electron chi connectivity index (χ1n) is 6.52. The molecule has 1 aromatic rings. The van der Waals surface area contributed by atoms with Crippen molar-refractivity contribution in [3.05, 3.63) is 42.5 Å². The smallest absolute Gasteiger partial charge is 0.411 e. The quantitative estimate of drug-likeness (QED) is 0.796. The number of nitrogens with one attached hydrogen (secondary N) is 1. The first kappa shape index (κ1) is 12.7. The molecule has 1 N–H and O–H groups in total. The second-order valence-electron chi connectivity index (χ2n) is 4.50. The van der Waals surface area contributed by atoms with E-state index in [0.717, 1.165) is 37.8 Å². The SMILES string of the molecule is O=C(Nc1ccccc1)OC1CC/C=C/CCC1. The van der Waals surface area contributed by atoms with Crippen LogP contribution in [0.2, 0.25) is 0 Å². The summed E-state index contributed by atoms with van der Waals surface area (Å²) in [5.74, 6) is 0. The molecule has 3 nitrogen and oxygen atoms in total. The van der Waals surface area contributed by atoms with Crippen molar-refractivity contribution in [2.75, 3.05) is 5.32 Å². The number of benzene rings is 1. The average Bonchev–Trinajstić information content (AvgIpc) is 2.34. The van der Waals surface area contributed by atoms with Gasteiger partial charge in [0.1, 0.15) is 6.10 Å². The van der Waals surface area contributed by atoms with Crippen LogP contribution in [0.1, 0.15) is 32.1 Å². The Balaban J connectivity index is 1.81. The van der Waals surface area contributed by atoms with Crippen LogP contribution in [0.15, 0.2) is 42.5 Å². The standard InChI is InChI=1S/C15H19NO2/c17-15(16-13-9-5-4-6-10-13)18-14-11-7-2-1-3-8-12-14/h1-2,4-6,9-10,14H,3,7-8,11-12H2,(H,16,17)/b2-1+. The van der Waals surface area contributed by atoms with E-state index in [-0.39, 0.29) is 12.2 Å². The highest BCUT2D eigenvalue weighted by molar-refractivity contribution is 5.84. The van der Waals surface area contributed by atoms with Gasteiger partial charge in [-0.25, -0.2) is 4.79 Å². The van der Waals surface area contributed by atoms with Gasteiger partial charge < -0.3 is 4.74 Å². The molecule has 0 fully saturated rings. The third-order valence-corrected chi connectivity index (χ3v) is 3.01. The third-order valence-electron chi connectivity index (χ3n) is 3.01. The van der Waals surface area contributed by atoms with Crippen molar-refractivity contribution in [3.8, 4) is 0 Å². The molecule has 0 radical (unpaired) electrons. The van der Waals surface area contributed by atoms with Crippen molar-refractivity contribution >= 4 is 11.8 Å². The number of para-hydroxylation sites is 1. The summed E-state index contributed by atoms with van der Waals surface area (Å²) in [5, 5.41) is 2.75. The number of allylic oxidation sites excluding steroid dienone is 2. The number of anilines is 1. The molecule has 0 spiro atoms. The van der Waals surface area contributed by atoms with Crippen LogP contribution in [0.25, 0.3) is 0 Å². The number of ether oxygens (including phenoxy) is 1. The average molecular weight is 245 g/mol. The van der Waals surface area contributed by atoms with E-state index in [4.69, 9.17) is 4.74 Å². The molecule has 1 aromatic carbocycles. The molecule has 0 aromatic heterocycles. The molecule has 0 bridgehead atoms. The van der Waals surface area contributed by atoms with Crippen molar-refractivity contribution in [1.82, 2.24) is 0 Å². The Morgan fingerprint density at radius 2 is 1.89 bits per heavy atom. The van der Waals surface area contributed by atoms with E-state index in [2.05, 4.69) is 17.5 Å². The van der Waals surface area contributed by atoms with Gasteiger partial charge in [-0.15, -0.1) is 0 Å². The molecule has 0 aliphatic heterocycles. The summed E-state index contributed by atoms with van der Waals surface area (Å²) in [6.45, 7) is 0. The van der Waals surface area contributed by atoms with Crippen LogP contribution >= 0.6 is 0 Å². The van der Waals surface area contributed by atoms with E-state index in [9.17, 15) is 4.79 Å². The molecule has 2 rings (SSSR count). The summed E-state index contributed by atoms with van der Waals surface area (Å²) in [6.07, 6.45) is 9.09. The van der Waals surface area contributed by atoms with Crippen LogP contribution < -0.4 is 5.32 Å². The molecule has 0 heterocycles. The Morgan fingerprint density at radius 1 is 1.11 bits per heavy atom. The Bertz CT molecular complexity index is 400. The minimum atomic E-state index is -0.351. The lowest BCUT2D eigenvalue weighted by Crippen LogP contribution is -2.22. The molecule has 0 saturated heterocycles. The molecule has 96 valence electrons. The van der Waals surface area contributed by atoms with Crippen molar-refractivity contribution < 1.29 is 9.53 Å². The van der Waals surface area contributed by atoms with E-state index < -0.39 is 0 Å². The van der Waals surface area contributed by atoms with Gasteiger partial charge in [-0.2, -0.15) is 0 Å². The van der Waals surface area contributed by atoms with Gasteiger partial charge in [0.2, 0.25) is 0 Å². The van der Waals surface area contributed by atoms with Crippen molar-refractivity contribution in [2.45, 2.75) is 38.2 Å². The van der Waals surface area contributed by atoms with Gasteiger partial charge in [0.25, 0.3) is 0 Å². The number of hydrogen-bond acceptors (Lipinski definition) is 2. The van der Waals surface area contributed by atoms with Gasteiger partial charge in [-0.05, 0) is 44.2 Å². The number of carbonyl (C=O) groups excluding carboxylic acids is 1. The first-order chi connectivity index (χ1) is 8.84. The van der Waals surface area contributed by atoms with E-state index >= 15 is 0 Å². The van der Waals surface area contributed by atoms with Gasteiger partial charge in [-0.3, -0.25) is 5.32 Å². The zero-order chi connectivity index (χ0) is 12.6. The van der Waals surface area contributed by atoms with Gasteiger partial charge in [-0.1, -0.05) is 30.4 Å². The Kier molecular flexibility index (Phi) is 4.82. The number of carbonyl (C=O) groups is 1. The Hall–Kier alpha value is -1.77. The van der Waals surface area contributed by atoms with Crippen LogP contribution in [-0.2, 0) is 4.74 Å². The van der Waals surface area contributed by atoms with Crippen LogP contribution in [0, 0.1) is 0 Å². The predicted octanol–water partition coefficient (Wildman–Crippen LogP) is 4.12. The highest BCUT2D eigenvalue weighted by atomic mass is 16.6. The summed E-state index contributed by atoms with van der Waals surface area (Å²) >= 11 is 0. The first-order valence-corrected chi connectivity index (χ1v) is 6.52. The lowest BCUT2D eigenvalue weighted by Gasteiger charge is -2.18. The van der Waals surface area contributed by atoms with Crippen LogP contribution in [0.3, 0.4) is 0 Å². The summed E-state index contributed by atoms with van der Waals surface area (Å²) in [7, 11) is 0. The normalized spacial score (nSPS) is 21.4. The molecule has 1 aliphatic carbocycles. The van der Waals surface area contributed by atoms with E-state index in [0.29, 0.717) is 0 Å². The maximum Gasteiger partial charge on any atom is 0.411 e. The Labute approximate surface area is 108 Å². The fourth-order valence-corrected chi connectivity index (χ4v) is 2.06. The second kappa shape index (κ2) is 6.84. The van der Waals surface area contributed by atoms with Crippen LogP contribution in [0.4, 0.5) is 10.5 Å². The number of hydrogen-bond donors (Lipinski definition) is 1. The molecule has 18 heavy (non-hydrogen) atoms. The van der Waals surface area contributed by atoms with E-state index in [1.165, 1.54) is 0 Å². The van der Waals surface area contributed by atoms with Gasteiger partial charge in [0.15, 0.2) is 0 Å². The zero-order valence-corrected chi connectivity index (χ0v) is 10.5. The second-order valence-corrected chi connectivity index (χ2v) is 4.50. The molecule has 1 unspecified atom stereocenters. The highest BCUT2D eigenvalue weighted by Gasteiger charge is 2.14. The van der Waals surface area contributed by atoms with Crippen LogP contribution in [-0.4, -0.2) is 12.2 Å². The molecule has 0 saturated carbocycles. The minimum absolute atomic E-state index is 0.0404. The van der Waals surface area contributed by atoms with E-state index in [1.807, 2.05) is 30.3 Å². The zero-order valence-electron chi connectivity index (χ0n) is 10.5. The summed E-state index contributed by atoms with van der Waals surface area (Å²) in [5.41, 5.74) is 0.772. The fourth-order valence-electron chi connectivity index (χ4n) is 2.06. The van der Waals surface area contributed by atoms with Gasteiger partial charge in [0.05, 0.1) is 0 Å². The molecular formula is C15H19NO2. The molecular weight excluding hydrogens is 226 g/mol. The van der Waals surface area contributed by atoms with Crippen molar-refractivity contribution in [2.24, 2.45) is 0 Å². The highest BCUT2D eigenvalue weighted by Crippen LogP contribution is 2.16. The predicted molar refractivity (Wildman–Crippen MR) is 72.6 cm³/mol. The largest absolute Gasteiger partial charge is 0.446 e. The van der Waals surface area contributed by atoms with Gasteiger partial charge in [0, 0.05) is 5.69 Å². The monoisotopic (exact) mass is 245 g/mol. The lowest BCUT2D eigenvalue weighted by molar-refractivity contribution is 0.0985. The maximum absolute atomic E-state index is 11.7. The Morgan fingerprint density at radius 3 is 2.72 bits per heavy atom. The third kappa shape index (κ3) is 4.24. The minimum Gasteiger partial charge on any atom is -0.446 e. The lowest BCUT2D eigenvalue weighted by atomic mass is 10.0. The number of rotatable bonds is 2. The summed E-state index contributed by atoms with van der Waals surface area (Å²) < 4.78 is 5.45. The van der Waals surface area contributed by atoms with Crippen molar-refractivity contribution in [1.29, 1.82) is 0 Å². The van der Waals surface area contributed by atoms with Crippen molar-refractivity contribution in [3.63, 3.8) is 0 Å². The maximum atomic E-state index is 11.7. The summed E-state index contributed by atoms with van der Waals surface area (Å²) in [4.78, 5) is 11.7. The number of amides is 1. The summed E-state index contributed by atoms with van der Waals surface area (Å²) in [6, 6.07) is 9.38. The molecule has 1 amide bonds. The fraction of sp³-hybridized carbons (Fsp3) is 0.400. The molecule has 1 aliphatic rings.